The number of hydrogen-bond acceptors (Lipinski definition) is 4. The Hall–Kier alpha value is -1.91. The van der Waals surface area contributed by atoms with Gasteiger partial charge in [0.1, 0.15) is 5.75 Å². The van der Waals surface area contributed by atoms with Crippen LogP contribution in [0.25, 0.3) is 5.57 Å². The summed E-state index contributed by atoms with van der Waals surface area (Å²) in [6.45, 7) is 9.32. The Morgan fingerprint density at radius 2 is 1.88 bits per heavy atom. The van der Waals surface area contributed by atoms with Crippen LogP contribution in [0.1, 0.15) is 51.2 Å². The summed E-state index contributed by atoms with van der Waals surface area (Å²) in [6.07, 6.45) is 7.78. The van der Waals surface area contributed by atoms with E-state index < -0.39 is 5.79 Å². The summed E-state index contributed by atoms with van der Waals surface area (Å²) in [5.74, 6) is 0.606. The molecule has 3 aliphatic rings. The summed E-state index contributed by atoms with van der Waals surface area (Å²) < 4.78 is 12.6. The Morgan fingerprint density at radius 3 is 2.54 bits per heavy atom. The fourth-order valence-corrected chi connectivity index (χ4v) is 3.92. The van der Waals surface area contributed by atoms with Crippen LogP contribution in [0.15, 0.2) is 36.4 Å². The molecule has 138 valence electrons. The van der Waals surface area contributed by atoms with Crippen molar-refractivity contribution in [3.63, 3.8) is 0 Å². The molecule has 1 spiro atoms. The highest BCUT2D eigenvalue weighted by atomic mass is 16.7. The Morgan fingerprint density at radius 1 is 1.12 bits per heavy atom. The first-order valence-electron chi connectivity index (χ1n) is 9.47. The SMILES string of the molecule is CC(C)(C)N1CCC2(CC1)OCc1cc(C3=CCC(=O)C=C3)ccc1O2. The monoisotopic (exact) mass is 353 g/mol. The van der Waals surface area contributed by atoms with Crippen LogP contribution in [-0.4, -0.2) is 35.1 Å². The Balaban J connectivity index is 1.49. The fraction of sp³-hybridized carbons (Fsp3) is 0.500. The highest BCUT2D eigenvalue weighted by Gasteiger charge is 2.42. The first-order chi connectivity index (χ1) is 12.3. The van der Waals surface area contributed by atoms with Gasteiger partial charge in [0.15, 0.2) is 5.78 Å². The predicted molar refractivity (Wildman–Crippen MR) is 102 cm³/mol. The van der Waals surface area contributed by atoms with Crippen molar-refractivity contribution in [2.24, 2.45) is 0 Å². The zero-order chi connectivity index (χ0) is 18.4. The van der Waals surface area contributed by atoms with Crippen molar-refractivity contribution in [1.29, 1.82) is 0 Å². The van der Waals surface area contributed by atoms with E-state index in [1.165, 1.54) is 0 Å². The van der Waals surface area contributed by atoms with Gasteiger partial charge in [-0.15, -0.1) is 0 Å². The summed E-state index contributed by atoms with van der Waals surface area (Å²) in [5.41, 5.74) is 3.47. The van der Waals surface area contributed by atoms with Crippen LogP contribution in [0.3, 0.4) is 0 Å². The van der Waals surface area contributed by atoms with Gasteiger partial charge in [-0.3, -0.25) is 9.69 Å². The molecule has 1 aliphatic carbocycles. The standard InChI is InChI=1S/C22H27NO3/c1-21(2,3)23-12-10-22(11-13-23)25-15-18-14-17(6-9-20(18)26-22)16-4-7-19(24)8-5-16/h4-7,9,14H,8,10-13,15H2,1-3H3. The Bertz CT molecular complexity index is 777. The first kappa shape index (κ1) is 17.5. The molecule has 0 atom stereocenters. The minimum atomic E-state index is -0.479. The molecule has 0 radical (unpaired) electrons. The van der Waals surface area contributed by atoms with Crippen LogP contribution in [0.5, 0.6) is 5.75 Å². The zero-order valence-corrected chi connectivity index (χ0v) is 15.9. The average molecular weight is 353 g/mol. The maximum atomic E-state index is 11.4. The molecule has 2 heterocycles. The number of ketones is 1. The number of fused-ring (bicyclic) bond motifs is 1. The van der Waals surface area contributed by atoms with Gasteiger partial charge in [0.05, 0.1) is 6.61 Å². The van der Waals surface area contributed by atoms with Gasteiger partial charge < -0.3 is 9.47 Å². The number of carbonyl (C=O) groups excluding carboxylic acids is 1. The molecule has 1 fully saturated rings. The molecule has 0 saturated carbocycles. The van der Waals surface area contributed by atoms with Gasteiger partial charge in [-0.1, -0.05) is 18.2 Å². The number of rotatable bonds is 1. The fourth-order valence-electron chi connectivity index (χ4n) is 3.92. The molecule has 4 heteroatoms. The molecule has 1 aromatic rings. The first-order valence-corrected chi connectivity index (χ1v) is 9.47. The number of piperidine rings is 1. The van der Waals surface area contributed by atoms with Gasteiger partial charge in [0, 0.05) is 43.5 Å². The molecule has 1 saturated heterocycles. The smallest absolute Gasteiger partial charge is 0.213 e. The lowest BCUT2D eigenvalue weighted by atomic mass is 9.95. The van der Waals surface area contributed by atoms with E-state index in [2.05, 4.69) is 43.9 Å². The molecular weight excluding hydrogens is 326 g/mol. The normalized spacial score (nSPS) is 22.7. The van der Waals surface area contributed by atoms with Crippen molar-refractivity contribution in [2.45, 2.75) is 58.0 Å². The summed E-state index contributed by atoms with van der Waals surface area (Å²) in [5, 5.41) is 0. The third kappa shape index (κ3) is 3.36. The molecule has 0 amide bonds. The lowest BCUT2D eigenvalue weighted by Gasteiger charge is -2.47. The summed E-state index contributed by atoms with van der Waals surface area (Å²) in [6, 6.07) is 6.25. The second-order valence-corrected chi connectivity index (χ2v) is 8.45. The van der Waals surface area contributed by atoms with Crippen molar-refractivity contribution in [3.05, 3.63) is 47.6 Å². The van der Waals surface area contributed by atoms with Crippen molar-refractivity contribution >= 4 is 11.4 Å². The zero-order valence-electron chi connectivity index (χ0n) is 15.9. The van der Waals surface area contributed by atoms with Crippen LogP contribution in [0, 0.1) is 0 Å². The van der Waals surface area contributed by atoms with E-state index in [9.17, 15) is 4.79 Å². The van der Waals surface area contributed by atoms with Gasteiger partial charge in [-0.25, -0.2) is 0 Å². The average Bonchev–Trinajstić information content (AvgIpc) is 2.62. The third-order valence-corrected chi connectivity index (χ3v) is 5.63. The minimum absolute atomic E-state index is 0.155. The second-order valence-electron chi connectivity index (χ2n) is 8.45. The molecule has 0 N–H and O–H groups in total. The number of likely N-dealkylation sites (tertiary alicyclic amines) is 1. The summed E-state index contributed by atoms with van der Waals surface area (Å²) in [7, 11) is 0. The molecule has 2 aliphatic heterocycles. The number of allylic oxidation sites excluding steroid dienone is 4. The van der Waals surface area contributed by atoms with E-state index in [1.807, 2.05) is 12.2 Å². The third-order valence-electron chi connectivity index (χ3n) is 5.63. The topological polar surface area (TPSA) is 38.8 Å². The lowest BCUT2D eigenvalue weighted by Crippen LogP contribution is -2.55. The number of nitrogens with zero attached hydrogens (tertiary/aromatic N) is 1. The van der Waals surface area contributed by atoms with E-state index in [1.54, 1.807) is 6.08 Å². The minimum Gasteiger partial charge on any atom is -0.462 e. The molecule has 26 heavy (non-hydrogen) atoms. The van der Waals surface area contributed by atoms with Gasteiger partial charge >= 0.3 is 0 Å². The quantitative estimate of drug-likeness (QED) is 0.762. The molecular formula is C22H27NO3. The van der Waals surface area contributed by atoms with Crippen LogP contribution in [0.4, 0.5) is 0 Å². The van der Waals surface area contributed by atoms with Crippen molar-refractivity contribution in [3.8, 4) is 5.75 Å². The molecule has 0 unspecified atom stereocenters. The molecule has 1 aromatic carbocycles. The summed E-state index contributed by atoms with van der Waals surface area (Å²) >= 11 is 0. The largest absolute Gasteiger partial charge is 0.462 e. The van der Waals surface area contributed by atoms with Crippen molar-refractivity contribution in [1.82, 2.24) is 4.90 Å². The Labute approximate surface area is 155 Å². The number of hydrogen-bond donors (Lipinski definition) is 0. The van der Waals surface area contributed by atoms with E-state index in [4.69, 9.17) is 9.47 Å². The number of carbonyl (C=O) groups is 1. The van der Waals surface area contributed by atoms with Crippen molar-refractivity contribution < 1.29 is 14.3 Å². The number of benzene rings is 1. The van der Waals surface area contributed by atoms with Crippen LogP contribution in [-0.2, 0) is 16.1 Å². The summed E-state index contributed by atoms with van der Waals surface area (Å²) in [4.78, 5) is 13.8. The van der Waals surface area contributed by atoms with Crippen LogP contribution >= 0.6 is 0 Å². The van der Waals surface area contributed by atoms with Crippen LogP contribution in [0.2, 0.25) is 0 Å². The van der Waals surface area contributed by atoms with Crippen molar-refractivity contribution in [2.75, 3.05) is 13.1 Å². The van der Waals surface area contributed by atoms with Gasteiger partial charge in [0.2, 0.25) is 5.79 Å². The highest BCUT2D eigenvalue weighted by Crippen LogP contribution is 2.39. The lowest BCUT2D eigenvalue weighted by molar-refractivity contribution is -0.231. The van der Waals surface area contributed by atoms with Gasteiger partial charge in [-0.05, 0) is 50.1 Å². The maximum absolute atomic E-state index is 11.4. The Kier molecular flexibility index (Phi) is 4.28. The van der Waals surface area contributed by atoms with Gasteiger partial charge in [-0.2, -0.15) is 0 Å². The predicted octanol–water partition coefficient (Wildman–Crippen LogP) is 4.10. The van der Waals surface area contributed by atoms with E-state index >= 15 is 0 Å². The second kappa shape index (κ2) is 6.36. The molecule has 4 nitrogen and oxygen atoms in total. The highest BCUT2D eigenvalue weighted by molar-refractivity contribution is 5.97. The number of ether oxygens (including phenoxy) is 2. The molecule has 0 aromatic heterocycles. The van der Waals surface area contributed by atoms with E-state index in [0.29, 0.717) is 13.0 Å². The van der Waals surface area contributed by atoms with Gasteiger partial charge in [0.25, 0.3) is 0 Å². The molecule has 0 bridgehead atoms. The van der Waals surface area contributed by atoms with Crippen LogP contribution < -0.4 is 4.74 Å². The molecule has 4 rings (SSSR count). The van der Waals surface area contributed by atoms with E-state index in [0.717, 1.165) is 48.4 Å². The van der Waals surface area contributed by atoms with E-state index in [-0.39, 0.29) is 11.3 Å². The maximum Gasteiger partial charge on any atom is 0.213 e.